The molecule has 1 heterocycles. The minimum atomic E-state index is -4.65. The molecule has 0 unspecified atom stereocenters. The third-order valence-electron chi connectivity index (χ3n) is 5.57. The first-order chi connectivity index (χ1) is 14.3. The number of ether oxygens (including phenoxy) is 1. The number of sulfone groups is 1. The number of hydrogen-bond acceptors (Lipinski definition) is 4. The van der Waals surface area contributed by atoms with E-state index in [1.165, 1.54) is 17.7 Å². The van der Waals surface area contributed by atoms with Crippen molar-refractivity contribution in [3.05, 3.63) is 59.7 Å². The summed E-state index contributed by atoms with van der Waals surface area (Å²) in [6.45, 7) is 1.26. The van der Waals surface area contributed by atoms with E-state index >= 15 is 0 Å². The van der Waals surface area contributed by atoms with Crippen LogP contribution in [0.4, 0.5) is 8.78 Å². The van der Waals surface area contributed by atoms with Crippen molar-refractivity contribution in [3.63, 3.8) is 0 Å². The Hall–Kier alpha value is -2.48. The Kier molecular flexibility index (Phi) is 7.07. The average Bonchev–Trinajstić information content (AvgIpc) is 2.78. The van der Waals surface area contributed by atoms with E-state index in [4.69, 9.17) is 4.74 Å². The SMILES string of the molecule is COc1ccc(CCC2CCN(C(=O)c3ccc(S(=O)(=O)C(F)F)cc3)CC2)cc1. The molecule has 0 aromatic heterocycles. The largest absolute Gasteiger partial charge is 0.497 e. The van der Waals surface area contributed by atoms with E-state index < -0.39 is 20.5 Å². The highest BCUT2D eigenvalue weighted by molar-refractivity contribution is 7.91. The fourth-order valence-electron chi connectivity index (χ4n) is 3.66. The Morgan fingerprint density at radius 1 is 1.07 bits per heavy atom. The van der Waals surface area contributed by atoms with Crippen LogP contribution in [0.25, 0.3) is 0 Å². The predicted octanol–water partition coefficient (Wildman–Crippen LogP) is 4.18. The van der Waals surface area contributed by atoms with Crippen LogP contribution in [0.1, 0.15) is 35.2 Å². The molecule has 162 valence electrons. The van der Waals surface area contributed by atoms with Gasteiger partial charge in [0.2, 0.25) is 9.84 Å². The Bertz CT molecular complexity index is 952. The molecule has 2 aromatic carbocycles. The zero-order valence-electron chi connectivity index (χ0n) is 16.8. The molecule has 1 saturated heterocycles. The van der Waals surface area contributed by atoms with Crippen LogP contribution in [-0.4, -0.2) is 45.2 Å². The number of carbonyl (C=O) groups excluding carboxylic acids is 1. The van der Waals surface area contributed by atoms with Gasteiger partial charge in [-0.3, -0.25) is 4.79 Å². The molecule has 8 heteroatoms. The summed E-state index contributed by atoms with van der Waals surface area (Å²) < 4.78 is 53.4. The number of hydrogen-bond donors (Lipinski definition) is 0. The fraction of sp³-hybridized carbons (Fsp3) is 0.409. The monoisotopic (exact) mass is 437 g/mol. The maximum Gasteiger partial charge on any atom is 0.341 e. The summed E-state index contributed by atoms with van der Waals surface area (Å²) >= 11 is 0. The number of rotatable bonds is 7. The van der Waals surface area contributed by atoms with E-state index in [-0.39, 0.29) is 5.91 Å². The number of piperidine rings is 1. The van der Waals surface area contributed by atoms with Gasteiger partial charge in [0, 0.05) is 18.7 Å². The summed E-state index contributed by atoms with van der Waals surface area (Å²) in [4.78, 5) is 13.9. The van der Waals surface area contributed by atoms with E-state index in [2.05, 4.69) is 12.1 Å². The summed E-state index contributed by atoms with van der Waals surface area (Å²) in [6, 6.07) is 12.8. The van der Waals surface area contributed by atoms with Crippen LogP contribution in [-0.2, 0) is 16.3 Å². The summed E-state index contributed by atoms with van der Waals surface area (Å²) in [5.74, 6) is -2.30. The minimum absolute atomic E-state index is 0.204. The van der Waals surface area contributed by atoms with Gasteiger partial charge in [-0.1, -0.05) is 12.1 Å². The van der Waals surface area contributed by atoms with Gasteiger partial charge < -0.3 is 9.64 Å². The Labute approximate surface area is 175 Å². The number of benzene rings is 2. The Morgan fingerprint density at radius 2 is 1.67 bits per heavy atom. The van der Waals surface area contributed by atoms with Gasteiger partial charge in [-0.05, 0) is 73.6 Å². The molecule has 0 spiro atoms. The zero-order chi connectivity index (χ0) is 21.7. The van der Waals surface area contributed by atoms with Gasteiger partial charge in [-0.2, -0.15) is 8.78 Å². The van der Waals surface area contributed by atoms with Crippen LogP contribution in [0.15, 0.2) is 53.4 Å². The van der Waals surface area contributed by atoms with E-state index in [1.807, 2.05) is 12.1 Å². The first-order valence-electron chi connectivity index (χ1n) is 9.85. The topological polar surface area (TPSA) is 63.7 Å². The number of carbonyl (C=O) groups is 1. The third-order valence-corrected chi connectivity index (χ3v) is 6.96. The third kappa shape index (κ3) is 5.16. The van der Waals surface area contributed by atoms with Crippen molar-refractivity contribution >= 4 is 15.7 Å². The average molecular weight is 438 g/mol. The standard InChI is InChI=1S/C22H25F2NO4S/c1-29-19-8-4-16(5-9-19)2-3-17-12-14-25(15-13-17)21(26)18-6-10-20(11-7-18)30(27,28)22(23)24/h4-11,17,22H,2-3,12-15H2,1H3. The molecular weight excluding hydrogens is 412 g/mol. The summed E-state index contributed by atoms with van der Waals surface area (Å²) in [6.07, 6.45) is 3.83. The van der Waals surface area contributed by atoms with Gasteiger partial charge in [-0.15, -0.1) is 0 Å². The summed E-state index contributed by atoms with van der Waals surface area (Å²) in [5, 5.41) is 0. The van der Waals surface area contributed by atoms with E-state index in [0.29, 0.717) is 24.6 Å². The molecule has 0 saturated carbocycles. The van der Waals surface area contributed by atoms with Crippen LogP contribution < -0.4 is 4.74 Å². The number of aryl methyl sites for hydroxylation is 1. The van der Waals surface area contributed by atoms with E-state index in [0.717, 1.165) is 43.6 Å². The maximum atomic E-state index is 12.7. The first-order valence-corrected chi connectivity index (χ1v) is 11.4. The van der Waals surface area contributed by atoms with Gasteiger partial charge >= 0.3 is 5.76 Å². The fourth-order valence-corrected chi connectivity index (χ4v) is 4.38. The summed E-state index contributed by atoms with van der Waals surface area (Å²) in [5.41, 5.74) is 1.56. The van der Waals surface area contributed by atoms with Crippen LogP contribution in [0.2, 0.25) is 0 Å². The highest BCUT2D eigenvalue weighted by atomic mass is 32.2. The molecule has 0 N–H and O–H groups in total. The quantitative estimate of drug-likeness (QED) is 0.652. The highest BCUT2D eigenvalue weighted by Crippen LogP contribution is 2.25. The smallest absolute Gasteiger partial charge is 0.341 e. The molecule has 2 aromatic rings. The lowest BCUT2D eigenvalue weighted by Crippen LogP contribution is -2.38. The van der Waals surface area contributed by atoms with Gasteiger partial charge in [0.25, 0.3) is 5.91 Å². The van der Waals surface area contributed by atoms with E-state index in [1.54, 1.807) is 12.0 Å². The molecule has 30 heavy (non-hydrogen) atoms. The van der Waals surface area contributed by atoms with Crippen LogP contribution in [0.5, 0.6) is 5.75 Å². The molecule has 1 amide bonds. The molecule has 0 bridgehead atoms. The molecule has 1 aliphatic heterocycles. The molecule has 1 fully saturated rings. The van der Waals surface area contributed by atoms with Crippen molar-refractivity contribution in [3.8, 4) is 5.75 Å². The second-order valence-corrected chi connectivity index (χ2v) is 9.37. The second kappa shape index (κ2) is 9.55. The zero-order valence-corrected chi connectivity index (χ0v) is 17.6. The first kappa shape index (κ1) is 22.2. The van der Waals surface area contributed by atoms with Gasteiger partial charge in [0.05, 0.1) is 12.0 Å². The van der Waals surface area contributed by atoms with Crippen LogP contribution in [0, 0.1) is 5.92 Å². The molecule has 0 aliphatic carbocycles. The van der Waals surface area contributed by atoms with Gasteiger partial charge in [-0.25, -0.2) is 8.42 Å². The van der Waals surface area contributed by atoms with Gasteiger partial charge in [0.15, 0.2) is 0 Å². The van der Waals surface area contributed by atoms with Crippen molar-refractivity contribution in [1.82, 2.24) is 4.90 Å². The number of likely N-dealkylation sites (tertiary alicyclic amines) is 1. The molecule has 5 nitrogen and oxygen atoms in total. The van der Waals surface area contributed by atoms with Crippen LogP contribution in [0.3, 0.4) is 0 Å². The van der Waals surface area contributed by atoms with Crippen molar-refractivity contribution in [2.24, 2.45) is 5.92 Å². The number of nitrogens with zero attached hydrogens (tertiary/aromatic N) is 1. The van der Waals surface area contributed by atoms with Gasteiger partial charge in [0.1, 0.15) is 5.75 Å². The minimum Gasteiger partial charge on any atom is -0.497 e. The van der Waals surface area contributed by atoms with Crippen molar-refractivity contribution in [2.75, 3.05) is 20.2 Å². The molecule has 0 radical (unpaired) electrons. The van der Waals surface area contributed by atoms with Crippen LogP contribution >= 0.6 is 0 Å². The number of methoxy groups -OCH3 is 1. The summed E-state index contributed by atoms with van der Waals surface area (Å²) in [7, 11) is -3.01. The molecular formula is C22H25F2NO4S. The number of alkyl halides is 2. The normalized spacial score (nSPS) is 15.4. The molecule has 0 atom stereocenters. The number of halogens is 2. The lowest BCUT2D eigenvalue weighted by Gasteiger charge is -2.32. The highest BCUT2D eigenvalue weighted by Gasteiger charge is 2.27. The lowest BCUT2D eigenvalue weighted by molar-refractivity contribution is 0.0687. The lowest BCUT2D eigenvalue weighted by atomic mass is 9.90. The Balaban J connectivity index is 1.51. The van der Waals surface area contributed by atoms with Crippen molar-refractivity contribution in [2.45, 2.75) is 36.3 Å². The predicted molar refractivity (Wildman–Crippen MR) is 110 cm³/mol. The molecule has 3 rings (SSSR count). The maximum absolute atomic E-state index is 12.7. The van der Waals surface area contributed by atoms with Crippen molar-refractivity contribution < 1.29 is 26.7 Å². The number of amides is 1. The Morgan fingerprint density at radius 3 is 2.20 bits per heavy atom. The molecule has 1 aliphatic rings. The second-order valence-electron chi connectivity index (χ2n) is 7.45. The van der Waals surface area contributed by atoms with Crippen molar-refractivity contribution in [1.29, 1.82) is 0 Å². The van der Waals surface area contributed by atoms with E-state index in [9.17, 15) is 22.0 Å².